The van der Waals surface area contributed by atoms with E-state index in [0.29, 0.717) is 13.0 Å². The van der Waals surface area contributed by atoms with Crippen LogP contribution in [0.3, 0.4) is 0 Å². The monoisotopic (exact) mass is 269 g/mol. The van der Waals surface area contributed by atoms with Crippen molar-refractivity contribution in [2.24, 2.45) is 0 Å². The molecule has 0 atom stereocenters. The molecule has 5 heteroatoms. The third kappa shape index (κ3) is 5.31. The summed E-state index contributed by atoms with van der Waals surface area (Å²) in [5.41, 5.74) is 6.62. The minimum atomic E-state index is -0.738. The SMILES string of the molecule is CCOc1ccc(N)c(SCCCCC(=O)O)c1. The van der Waals surface area contributed by atoms with Crippen molar-refractivity contribution >= 4 is 23.4 Å². The molecule has 0 aliphatic carbocycles. The van der Waals surface area contributed by atoms with Gasteiger partial charge in [0.25, 0.3) is 0 Å². The van der Waals surface area contributed by atoms with Gasteiger partial charge in [0.1, 0.15) is 5.75 Å². The number of hydrogen-bond acceptors (Lipinski definition) is 4. The smallest absolute Gasteiger partial charge is 0.303 e. The molecule has 0 radical (unpaired) electrons. The number of carboxylic acids is 1. The van der Waals surface area contributed by atoms with Gasteiger partial charge in [0, 0.05) is 17.0 Å². The average Bonchev–Trinajstić information content (AvgIpc) is 2.32. The van der Waals surface area contributed by atoms with Crippen LogP contribution in [0, 0.1) is 0 Å². The van der Waals surface area contributed by atoms with Crippen molar-refractivity contribution in [3.63, 3.8) is 0 Å². The third-order valence-electron chi connectivity index (χ3n) is 2.34. The fraction of sp³-hybridized carbons (Fsp3) is 0.462. The fourth-order valence-corrected chi connectivity index (χ4v) is 2.46. The van der Waals surface area contributed by atoms with Gasteiger partial charge in [-0.15, -0.1) is 11.8 Å². The summed E-state index contributed by atoms with van der Waals surface area (Å²) in [7, 11) is 0. The van der Waals surface area contributed by atoms with Crippen LogP contribution in [0.5, 0.6) is 5.75 Å². The third-order valence-corrected chi connectivity index (χ3v) is 3.50. The molecule has 0 fully saturated rings. The first kappa shape index (κ1) is 14.7. The van der Waals surface area contributed by atoms with Gasteiger partial charge in [-0.05, 0) is 43.7 Å². The second kappa shape index (κ2) is 7.87. The van der Waals surface area contributed by atoms with E-state index in [1.165, 1.54) is 0 Å². The van der Waals surface area contributed by atoms with E-state index in [2.05, 4.69) is 0 Å². The van der Waals surface area contributed by atoms with Crippen LogP contribution in [-0.4, -0.2) is 23.4 Å². The number of carbonyl (C=O) groups is 1. The number of rotatable bonds is 8. The van der Waals surface area contributed by atoms with Crippen LogP contribution < -0.4 is 10.5 Å². The zero-order valence-electron chi connectivity index (χ0n) is 10.5. The second-order valence-corrected chi connectivity index (χ2v) is 4.97. The van der Waals surface area contributed by atoms with Crippen molar-refractivity contribution < 1.29 is 14.6 Å². The van der Waals surface area contributed by atoms with Gasteiger partial charge in [0.2, 0.25) is 0 Å². The topological polar surface area (TPSA) is 72.5 Å². The van der Waals surface area contributed by atoms with Crippen molar-refractivity contribution in [2.75, 3.05) is 18.1 Å². The second-order valence-electron chi connectivity index (χ2n) is 3.83. The Morgan fingerprint density at radius 3 is 2.89 bits per heavy atom. The highest BCUT2D eigenvalue weighted by atomic mass is 32.2. The van der Waals surface area contributed by atoms with Gasteiger partial charge in [-0.3, -0.25) is 4.79 Å². The van der Waals surface area contributed by atoms with Crippen LogP contribution in [0.25, 0.3) is 0 Å². The number of hydrogen-bond donors (Lipinski definition) is 2. The van der Waals surface area contributed by atoms with Crippen LogP contribution in [-0.2, 0) is 4.79 Å². The van der Waals surface area contributed by atoms with Gasteiger partial charge in [0.05, 0.1) is 6.61 Å². The molecule has 0 unspecified atom stereocenters. The summed E-state index contributed by atoms with van der Waals surface area (Å²) in [5.74, 6) is 0.949. The molecule has 1 aromatic carbocycles. The zero-order valence-corrected chi connectivity index (χ0v) is 11.3. The number of nitrogen functional groups attached to an aromatic ring is 1. The molecule has 1 aromatic rings. The first-order chi connectivity index (χ1) is 8.63. The number of carboxylic acid groups (broad SMARTS) is 1. The van der Waals surface area contributed by atoms with E-state index in [1.54, 1.807) is 11.8 Å². The molecule has 3 N–H and O–H groups in total. The standard InChI is InChI=1S/C13H19NO3S/c1-2-17-10-6-7-11(14)12(9-10)18-8-4-3-5-13(15)16/h6-7,9H,2-5,8,14H2,1H3,(H,15,16). The van der Waals surface area contributed by atoms with Crippen molar-refractivity contribution in [3.8, 4) is 5.75 Å². The predicted molar refractivity (Wildman–Crippen MR) is 74.2 cm³/mol. The quantitative estimate of drug-likeness (QED) is 0.431. The molecule has 0 saturated heterocycles. The molecule has 0 saturated carbocycles. The maximum Gasteiger partial charge on any atom is 0.303 e. The van der Waals surface area contributed by atoms with Gasteiger partial charge in [-0.1, -0.05) is 0 Å². The van der Waals surface area contributed by atoms with Gasteiger partial charge in [-0.25, -0.2) is 0 Å². The summed E-state index contributed by atoms with van der Waals surface area (Å²) >= 11 is 1.64. The number of ether oxygens (including phenoxy) is 1. The molecule has 4 nitrogen and oxygen atoms in total. The predicted octanol–water partition coefficient (Wildman–Crippen LogP) is 3.01. The van der Waals surface area contributed by atoms with Crippen LogP contribution in [0.4, 0.5) is 5.69 Å². The summed E-state index contributed by atoms with van der Waals surface area (Å²) in [5, 5.41) is 8.53. The first-order valence-electron chi connectivity index (χ1n) is 6.00. The van der Waals surface area contributed by atoms with Crippen molar-refractivity contribution in [2.45, 2.75) is 31.1 Å². The van der Waals surface area contributed by atoms with Crippen molar-refractivity contribution in [1.29, 1.82) is 0 Å². The maximum absolute atomic E-state index is 10.4. The Kier molecular flexibility index (Phi) is 6.43. The Morgan fingerprint density at radius 2 is 2.22 bits per heavy atom. The molecule has 0 heterocycles. The zero-order chi connectivity index (χ0) is 13.4. The number of anilines is 1. The lowest BCUT2D eigenvalue weighted by molar-refractivity contribution is -0.137. The van der Waals surface area contributed by atoms with E-state index in [-0.39, 0.29) is 6.42 Å². The van der Waals surface area contributed by atoms with Crippen LogP contribution in [0.15, 0.2) is 23.1 Å². The average molecular weight is 269 g/mol. The number of nitrogens with two attached hydrogens (primary N) is 1. The highest BCUT2D eigenvalue weighted by Crippen LogP contribution is 2.29. The van der Waals surface area contributed by atoms with Gasteiger partial charge in [0.15, 0.2) is 0 Å². The van der Waals surface area contributed by atoms with E-state index in [0.717, 1.165) is 28.5 Å². The Hall–Kier alpha value is -1.36. The van der Waals surface area contributed by atoms with Crippen molar-refractivity contribution in [1.82, 2.24) is 0 Å². The molecule has 0 amide bonds. The normalized spacial score (nSPS) is 10.3. The van der Waals surface area contributed by atoms with Gasteiger partial charge in [-0.2, -0.15) is 0 Å². The van der Waals surface area contributed by atoms with E-state index in [4.69, 9.17) is 15.6 Å². The number of unbranched alkanes of at least 4 members (excludes halogenated alkanes) is 1. The first-order valence-corrected chi connectivity index (χ1v) is 6.99. The maximum atomic E-state index is 10.4. The van der Waals surface area contributed by atoms with E-state index in [9.17, 15) is 4.79 Å². The van der Waals surface area contributed by atoms with Crippen LogP contribution >= 0.6 is 11.8 Å². The van der Waals surface area contributed by atoms with E-state index in [1.807, 2.05) is 25.1 Å². The molecule has 18 heavy (non-hydrogen) atoms. The van der Waals surface area contributed by atoms with Crippen LogP contribution in [0.1, 0.15) is 26.2 Å². The number of aliphatic carboxylic acids is 1. The van der Waals surface area contributed by atoms with Gasteiger partial charge >= 0.3 is 5.97 Å². The lowest BCUT2D eigenvalue weighted by Gasteiger charge is -2.08. The Labute approximate surface area is 112 Å². The lowest BCUT2D eigenvalue weighted by atomic mass is 10.2. The summed E-state index contributed by atoms with van der Waals surface area (Å²) in [4.78, 5) is 11.4. The Bertz CT molecular complexity index is 396. The highest BCUT2D eigenvalue weighted by molar-refractivity contribution is 7.99. The summed E-state index contributed by atoms with van der Waals surface area (Å²) in [6.45, 7) is 2.57. The van der Waals surface area contributed by atoms with E-state index < -0.39 is 5.97 Å². The molecule has 0 spiro atoms. The number of benzene rings is 1. The van der Waals surface area contributed by atoms with E-state index >= 15 is 0 Å². The largest absolute Gasteiger partial charge is 0.494 e. The summed E-state index contributed by atoms with van der Waals surface area (Å²) in [6.07, 6.45) is 1.80. The minimum Gasteiger partial charge on any atom is -0.494 e. The fourth-order valence-electron chi connectivity index (χ4n) is 1.46. The summed E-state index contributed by atoms with van der Waals surface area (Å²) in [6, 6.07) is 5.62. The van der Waals surface area contributed by atoms with Crippen LogP contribution in [0.2, 0.25) is 0 Å². The Morgan fingerprint density at radius 1 is 1.44 bits per heavy atom. The summed E-state index contributed by atoms with van der Waals surface area (Å²) < 4.78 is 5.41. The van der Waals surface area contributed by atoms with Gasteiger partial charge < -0.3 is 15.6 Å². The lowest BCUT2D eigenvalue weighted by Crippen LogP contribution is -1.96. The highest BCUT2D eigenvalue weighted by Gasteiger charge is 2.03. The molecule has 1 rings (SSSR count). The Balaban J connectivity index is 2.40. The molecule has 0 bridgehead atoms. The molecule has 0 aromatic heterocycles. The molecule has 100 valence electrons. The molecular formula is C13H19NO3S. The van der Waals surface area contributed by atoms with Crippen molar-refractivity contribution in [3.05, 3.63) is 18.2 Å². The molecule has 0 aliphatic rings. The number of thioether (sulfide) groups is 1. The minimum absolute atomic E-state index is 0.231. The molecule has 0 aliphatic heterocycles. The molecular weight excluding hydrogens is 250 g/mol.